The molecule has 1 fully saturated rings. The summed E-state index contributed by atoms with van der Waals surface area (Å²) in [5.74, 6) is 0.480. The highest BCUT2D eigenvalue weighted by Crippen LogP contribution is 2.17. The predicted molar refractivity (Wildman–Crippen MR) is 36.9 cm³/mol. The van der Waals surface area contributed by atoms with Gasteiger partial charge in [0.25, 0.3) is 0 Å². The summed E-state index contributed by atoms with van der Waals surface area (Å²) >= 11 is 0. The molecule has 0 spiro atoms. The van der Waals surface area contributed by atoms with Crippen molar-refractivity contribution in [2.24, 2.45) is 5.92 Å². The van der Waals surface area contributed by atoms with Gasteiger partial charge in [-0.3, -0.25) is 0 Å². The molecule has 9 heavy (non-hydrogen) atoms. The number of ether oxygens (including phenoxy) is 1. The van der Waals surface area contributed by atoms with E-state index in [1.165, 1.54) is 0 Å². The molecule has 2 nitrogen and oxygen atoms in total. The second-order valence-corrected chi connectivity index (χ2v) is 2.63. The minimum atomic E-state index is 0.366. The zero-order valence-corrected chi connectivity index (χ0v) is 5.76. The average Bonchev–Trinajstić information content (AvgIpc) is 1.88. The molecule has 2 heteroatoms. The van der Waals surface area contributed by atoms with Crippen molar-refractivity contribution < 1.29 is 4.74 Å². The molecular weight excluding hydrogens is 114 g/mol. The Labute approximate surface area is 55.7 Å². The van der Waals surface area contributed by atoms with E-state index in [9.17, 15) is 0 Å². The van der Waals surface area contributed by atoms with Gasteiger partial charge >= 0.3 is 0 Å². The molecule has 0 aromatic heterocycles. The predicted octanol–water partition coefficient (Wildman–Crippen LogP) is 1.45. The highest BCUT2D eigenvalue weighted by atomic mass is 16.5. The molecule has 1 rings (SSSR count). The molecule has 1 aliphatic rings. The minimum absolute atomic E-state index is 0.366. The second kappa shape index (κ2) is 2.97. The summed E-state index contributed by atoms with van der Waals surface area (Å²) in [5, 5.41) is 7.01. The van der Waals surface area contributed by atoms with Crippen molar-refractivity contribution in [3.8, 4) is 0 Å². The molecule has 0 saturated carbocycles. The smallest absolute Gasteiger partial charge is 0.0553 e. The zero-order chi connectivity index (χ0) is 6.69. The first-order valence-corrected chi connectivity index (χ1v) is 3.45. The SMILES string of the molecule is C[C@H]1C[C@@H](C=N)CCO1. The van der Waals surface area contributed by atoms with Crippen molar-refractivity contribution in [2.75, 3.05) is 6.61 Å². The highest BCUT2D eigenvalue weighted by Gasteiger charge is 2.16. The molecule has 0 aromatic rings. The van der Waals surface area contributed by atoms with E-state index in [1.807, 2.05) is 0 Å². The summed E-state index contributed by atoms with van der Waals surface area (Å²) in [5.41, 5.74) is 0. The number of hydrogen-bond donors (Lipinski definition) is 1. The van der Waals surface area contributed by atoms with Gasteiger partial charge in [-0.25, -0.2) is 0 Å². The largest absolute Gasteiger partial charge is 0.378 e. The van der Waals surface area contributed by atoms with E-state index in [-0.39, 0.29) is 0 Å². The highest BCUT2D eigenvalue weighted by molar-refractivity contribution is 5.56. The van der Waals surface area contributed by atoms with Crippen molar-refractivity contribution in [2.45, 2.75) is 25.9 Å². The van der Waals surface area contributed by atoms with Crippen LogP contribution in [0.1, 0.15) is 19.8 Å². The summed E-state index contributed by atoms with van der Waals surface area (Å²) < 4.78 is 5.31. The van der Waals surface area contributed by atoms with Crippen molar-refractivity contribution in [3.05, 3.63) is 0 Å². The standard InChI is InChI=1S/C7H13NO/c1-6-4-7(5-8)2-3-9-6/h5-8H,2-4H2,1H3/t6-,7-/m0/s1. The van der Waals surface area contributed by atoms with E-state index in [1.54, 1.807) is 6.21 Å². The van der Waals surface area contributed by atoms with E-state index in [2.05, 4.69) is 6.92 Å². The van der Waals surface area contributed by atoms with Crippen LogP contribution in [0, 0.1) is 11.3 Å². The first-order chi connectivity index (χ1) is 4.33. The van der Waals surface area contributed by atoms with Gasteiger partial charge in [0.2, 0.25) is 0 Å². The van der Waals surface area contributed by atoms with Gasteiger partial charge in [0.1, 0.15) is 0 Å². The summed E-state index contributed by atoms with van der Waals surface area (Å²) in [6.07, 6.45) is 3.97. The first-order valence-electron chi connectivity index (χ1n) is 3.45. The molecular formula is C7H13NO. The molecule has 0 bridgehead atoms. The van der Waals surface area contributed by atoms with Crippen LogP contribution in [-0.2, 0) is 4.74 Å². The van der Waals surface area contributed by atoms with Crippen LogP contribution in [0.25, 0.3) is 0 Å². The van der Waals surface area contributed by atoms with Gasteiger partial charge in [0.05, 0.1) is 6.10 Å². The molecule has 0 aromatic carbocycles. The van der Waals surface area contributed by atoms with Crippen molar-refractivity contribution in [1.29, 1.82) is 5.41 Å². The van der Waals surface area contributed by atoms with E-state index >= 15 is 0 Å². The number of nitrogens with one attached hydrogen (secondary N) is 1. The molecule has 2 atom stereocenters. The Kier molecular flexibility index (Phi) is 2.22. The molecule has 0 amide bonds. The molecule has 0 unspecified atom stereocenters. The summed E-state index contributed by atoms with van der Waals surface area (Å²) in [4.78, 5) is 0. The lowest BCUT2D eigenvalue weighted by Gasteiger charge is -2.23. The van der Waals surface area contributed by atoms with Crippen LogP contribution in [-0.4, -0.2) is 18.9 Å². The molecule has 1 N–H and O–H groups in total. The number of rotatable bonds is 1. The molecule has 1 heterocycles. The van der Waals surface area contributed by atoms with E-state index < -0.39 is 0 Å². The van der Waals surface area contributed by atoms with Gasteiger partial charge in [-0.1, -0.05) is 0 Å². The van der Waals surface area contributed by atoms with Gasteiger partial charge in [-0.05, 0) is 31.9 Å². The minimum Gasteiger partial charge on any atom is -0.378 e. The normalized spacial score (nSPS) is 36.1. The van der Waals surface area contributed by atoms with Crippen molar-refractivity contribution in [3.63, 3.8) is 0 Å². The lowest BCUT2D eigenvalue weighted by molar-refractivity contribution is 0.0170. The van der Waals surface area contributed by atoms with Gasteiger partial charge in [0, 0.05) is 6.61 Å². The topological polar surface area (TPSA) is 33.1 Å². The van der Waals surface area contributed by atoms with Crippen molar-refractivity contribution in [1.82, 2.24) is 0 Å². The third-order valence-electron chi connectivity index (χ3n) is 1.76. The quantitative estimate of drug-likeness (QED) is 0.531. The Bertz CT molecular complexity index is 103. The fourth-order valence-electron chi connectivity index (χ4n) is 1.18. The van der Waals surface area contributed by atoms with Crippen LogP contribution < -0.4 is 0 Å². The first kappa shape index (κ1) is 6.75. The Morgan fingerprint density at radius 2 is 2.44 bits per heavy atom. The molecule has 0 radical (unpaired) electrons. The Morgan fingerprint density at radius 3 is 2.89 bits per heavy atom. The van der Waals surface area contributed by atoms with Gasteiger partial charge in [-0.15, -0.1) is 0 Å². The van der Waals surface area contributed by atoms with Crippen LogP contribution in [0.15, 0.2) is 0 Å². The molecule has 52 valence electrons. The monoisotopic (exact) mass is 127 g/mol. The molecule has 1 saturated heterocycles. The lowest BCUT2D eigenvalue weighted by atomic mass is 9.98. The maximum Gasteiger partial charge on any atom is 0.0553 e. The van der Waals surface area contributed by atoms with Crippen LogP contribution >= 0.6 is 0 Å². The van der Waals surface area contributed by atoms with Crippen LogP contribution in [0.3, 0.4) is 0 Å². The fourth-order valence-corrected chi connectivity index (χ4v) is 1.18. The summed E-state index contributed by atoms with van der Waals surface area (Å²) in [6, 6.07) is 0. The van der Waals surface area contributed by atoms with Gasteiger partial charge < -0.3 is 10.1 Å². The summed E-state index contributed by atoms with van der Waals surface area (Å²) in [6.45, 7) is 2.90. The van der Waals surface area contributed by atoms with Gasteiger partial charge in [-0.2, -0.15) is 0 Å². The Balaban J connectivity index is 2.31. The average molecular weight is 127 g/mol. The maximum atomic E-state index is 7.01. The van der Waals surface area contributed by atoms with Crippen LogP contribution in [0.5, 0.6) is 0 Å². The number of hydrogen-bond acceptors (Lipinski definition) is 2. The third kappa shape index (κ3) is 1.79. The fraction of sp³-hybridized carbons (Fsp3) is 0.857. The van der Waals surface area contributed by atoms with Gasteiger partial charge in [0.15, 0.2) is 0 Å². The van der Waals surface area contributed by atoms with Crippen LogP contribution in [0.4, 0.5) is 0 Å². The van der Waals surface area contributed by atoms with Crippen LogP contribution in [0.2, 0.25) is 0 Å². The Morgan fingerprint density at radius 1 is 1.67 bits per heavy atom. The second-order valence-electron chi connectivity index (χ2n) is 2.63. The van der Waals surface area contributed by atoms with Crippen molar-refractivity contribution >= 4 is 6.21 Å². The summed E-state index contributed by atoms with van der Waals surface area (Å²) in [7, 11) is 0. The van der Waals surface area contributed by atoms with E-state index in [0.29, 0.717) is 12.0 Å². The Hall–Kier alpha value is -0.370. The molecule has 1 aliphatic heterocycles. The maximum absolute atomic E-state index is 7.01. The zero-order valence-electron chi connectivity index (χ0n) is 5.76. The third-order valence-corrected chi connectivity index (χ3v) is 1.76. The molecule has 0 aliphatic carbocycles. The van der Waals surface area contributed by atoms with E-state index in [0.717, 1.165) is 19.4 Å². The lowest BCUT2D eigenvalue weighted by Crippen LogP contribution is -2.23. The van der Waals surface area contributed by atoms with E-state index in [4.69, 9.17) is 10.1 Å².